The second kappa shape index (κ2) is 41.4. The van der Waals surface area contributed by atoms with Crippen molar-refractivity contribution in [2.24, 2.45) is 20.8 Å². The number of ketones is 1. The molecule has 2 aliphatic heterocycles. The third-order valence-corrected chi connectivity index (χ3v) is 19.7. The number of pyridine rings is 2. The van der Waals surface area contributed by atoms with Crippen LogP contribution in [0.25, 0.3) is 65.7 Å². The standard InChI is InChI=1S/C70H94N12O16.C19H24N2O2/c1-12-89-29-53-75-59-52(72-49-24-18-15-21-46(49)62(59)81(53)36-68(7,8)87)27-45(83)28-93-42-96-39-70(40-97-43-94-32-56(84)71-11,38-92-33-57(85)78-66-61-64(48-23-17-20-26-51(48)74-66)82(37-69(9,10)88)55(77-61)31-91-14-3)41-98-44-95-34-58(86)79-65-60-63(47-22-16-19-25-50(47)73-65)80(35-67(4,5)6)54(76-60)30-90-13-2;1-5-23-11-16-20-17-13(2)10-14-8-6-7-9-15(14)18(17)21(16)12-19(3,4)22/h15-26,59,62,87-88H,12-14,27-44H2,1-11H3,(H,71,84)(H,73,79,86)(H,74,78,85);6-10,22H,5,11-12H2,1-4H3. The lowest BCUT2D eigenvalue weighted by molar-refractivity contribution is -0.175. The fourth-order valence-corrected chi connectivity index (χ4v) is 14.8. The number of likely N-dealkylation sites (N-methyl/N-ethyl adjacent to an activating group) is 1. The van der Waals surface area contributed by atoms with E-state index in [1.807, 2.05) is 136 Å². The number of ether oxygens (including phenoxy) is 11. The maximum Gasteiger partial charge on any atom is 0.251 e. The van der Waals surface area contributed by atoms with Crippen molar-refractivity contribution < 1.29 is 86.6 Å². The van der Waals surface area contributed by atoms with E-state index in [0.717, 1.165) is 49.7 Å². The summed E-state index contributed by atoms with van der Waals surface area (Å²) in [7, 11) is 1.47. The summed E-state index contributed by atoms with van der Waals surface area (Å²) in [6.07, 6.45) is -0.0926. The molecule has 3 atom stereocenters. The normalized spacial score (nSPS) is 15.0. The number of amides is 3. The Balaban J connectivity index is 0.000000531. The van der Waals surface area contributed by atoms with E-state index < -0.39 is 66.9 Å². The highest BCUT2D eigenvalue weighted by Gasteiger charge is 2.45. The smallest absolute Gasteiger partial charge is 0.251 e. The average molecular weight is 1670 g/mol. The first-order valence-electron chi connectivity index (χ1n) is 41.1. The van der Waals surface area contributed by atoms with Gasteiger partial charge in [-0.2, -0.15) is 0 Å². The Morgan fingerprint density at radius 3 is 1.40 bits per heavy atom. The van der Waals surface area contributed by atoms with Gasteiger partial charge in [0.1, 0.15) is 114 Å². The van der Waals surface area contributed by atoms with Crippen LogP contribution in [-0.4, -0.2) is 237 Å². The van der Waals surface area contributed by atoms with E-state index in [1.165, 1.54) is 12.4 Å². The van der Waals surface area contributed by atoms with Crippen LogP contribution in [0.2, 0.25) is 0 Å². The molecule has 0 saturated heterocycles. The number of fused-ring (bicyclic) bond motifs is 12. The van der Waals surface area contributed by atoms with Crippen LogP contribution in [0.15, 0.2) is 113 Å². The topological polar surface area (TPSA) is 374 Å². The van der Waals surface area contributed by atoms with Crippen LogP contribution in [0.4, 0.5) is 17.3 Å². The van der Waals surface area contributed by atoms with Crippen molar-refractivity contribution in [2.45, 2.75) is 172 Å². The Labute approximate surface area is 704 Å². The lowest BCUT2D eigenvalue weighted by atomic mass is 9.89. The Bertz CT molecular complexity index is 5300. The minimum Gasteiger partial charge on any atom is -0.389 e. The fraction of sp³-hybridized carbons (Fsp3) is 0.517. The molecule has 7 heterocycles. The summed E-state index contributed by atoms with van der Waals surface area (Å²) in [5.74, 6) is 1.30. The van der Waals surface area contributed by atoms with Gasteiger partial charge in [0.15, 0.2) is 17.4 Å². The van der Waals surface area contributed by atoms with E-state index >= 15 is 0 Å². The number of carbonyl (C=O) groups excluding carboxylic acids is 4. The number of benzene rings is 5. The SMILES string of the molecule is CCOCC1=NC2C(CC(=O)COCOCC(COCOCC(=O)NC)(COCOCC(=O)Nc3nc4ccccc4c4c3nc(COCC)n4CC(C)(C)C)COCC(=O)Nc3nc4ccccc4c4c3nc(COCC)n4CC(C)(C)O)=Nc3ccccc3C2N1CC(C)(C)O.CCOCc1nc2c(C)cc3ccccc3c2n1CC(C)(C)O. The van der Waals surface area contributed by atoms with Gasteiger partial charge >= 0.3 is 0 Å². The van der Waals surface area contributed by atoms with Gasteiger partial charge in [0.25, 0.3) is 11.8 Å². The van der Waals surface area contributed by atoms with E-state index in [-0.39, 0.29) is 121 Å². The van der Waals surface area contributed by atoms with Gasteiger partial charge in [-0.1, -0.05) is 99.6 Å². The highest BCUT2D eigenvalue weighted by atomic mass is 16.7. The molecule has 121 heavy (non-hydrogen) atoms. The van der Waals surface area contributed by atoms with Crippen LogP contribution in [0.1, 0.15) is 131 Å². The first kappa shape index (κ1) is 92.0. The van der Waals surface area contributed by atoms with Crippen LogP contribution in [0, 0.1) is 17.8 Å². The Morgan fingerprint density at radius 1 is 0.463 bits per heavy atom. The zero-order chi connectivity index (χ0) is 86.8. The van der Waals surface area contributed by atoms with Crippen LogP contribution in [0.5, 0.6) is 0 Å². The summed E-state index contributed by atoms with van der Waals surface area (Å²) in [6.45, 7) is 27.4. The number of nitrogens with zero attached hydrogens (tertiary/aromatic N) is 11. The number of rotatable bonds is 45. The molecular formula is C89H118N14O18. The first-order chi connectivity index (χ1) is 57.8. The molecule has 0 aliphatic carbocycles. The van der Waals surface area contributed by atoms with Crippen molar-refractivity contribution >= 4 is 118 Å². The highest BCUT2D eigenvalue weighted by Crippen LogP contribution is 2.44. The summed E-state index contributed by atoms with van der Waals surface area (Å²) >= 11 is 0. The number of aliphatic hydroxyl groups is 3. The third kappa shape index (κ3) is 24.4. The Morgan fingerprint density at radius 2 is 0.893 bits per heavy atom. The molecule has 3 unspecified atom stereocenters. The lowest BCUT2D eigenvalue weighted by Crippen LogP contribution is -2.46. The minimum absolute atomic E-state index is 0.0926. The number of aliphatic imine (C=N–C) groups is 2. The largest absolute Gasteiger partial charge is 0.389 e. The number of para-hydroxylation sites is 3. The summed E-state index contributed by atoms with van der Waals surface area (Å²) in [6, 6.07) is 32.4. The molecule has 0 saturated carbocycles. The molecule has 10 aromatic rings. The number of anilines is 2. The molecule has 3 amide bonds. The van der Waals surface area contributed by atoms with Gasteiger partial charge in [-0.15, -0.1) is 0 Å². The molecule has 5 aromatic heterocycles. The van der Waals surface area contributed by atoms with Gasteiger partial charge in [0, 0.05) is 74.7 Å². The molecule has 12 rings (SSSR count). The summed E-state index contributed by atoms with van der Waals surface area (Å²) in [5, 5.41) is 44.8. The van der Waals surface area contributed by atoms with Crippen LogP contribution >= 0.6 is 0 Å². The predicted octanol–water partition coefficient (Wildman–Crippen LogP) is 11.2. The average Bonchev–Trinajstić information content (AvgIpc) is 1.69. The molecule has 6 N–H and O–H groups in total. The number of amidine groups is 1. The Kier molecular flexibility index (Phi) is 31.5. The molecular weight excluding hydrogens is 1550 g/mol. The van der Waals surface area contributed by atoms with Crippen molar-refractivity contribution in [1.29, 1.82) is 0 Å². The highest BCUT2D eigenvalue weighted by molar-refractivity contribution is 6.12. The number of imidazole rings is 3. The third-order valence-electron chi connectivity index (χ3n) is 19.7. The molecule has 0 radical (unpaired) electrons. The molecule has 0 fully saturated rings. The molecule has 5 aromatic carbocycles. The van der Waals surface area contributed by atoms with Crippen LogP contribution < -0.4 is 16.0 Å². The van der Waals surface area contributed by atoms with E-state index in [1.54, 1.807) is 27.7 Å². The zero-order valence-electron chi connectivity index (χ0n) is 72.3. The monoisotopic (exact) mass is 1670 g/mol. The predicted molar refractivity (Wildman–Crippen MR) is 462 cm³/mol. The molecule has 0 bridgehead atoms. The first-order valence-corrected chi connectivity index (χ1v) is 41.1. The summed E-state index contributed by atoms with van der Waals surface area (Å²) in [5.41, 5.74) is 4.39. The molecule has 2 aliphatic rings. The minimum atomic E-state index is -1.31. The molecule has 652 valence electrons. The van der Waals surface area contributed by atoms with Gasteiger partial charge in [-0.3, -0.25) is 29.2 Å². The van der Waals surface area contributed by atoms with Gasteiger partial charge in [-0.05, 0) is 117 Å². The molecule has 32 nitrogen and oxygen atoms in total. The number of hydrogen-bond donors (Lipinski definition) is 6. The second-order valence-corrected chi connectivity index (χ2v) is 33.5. The number of aryl methyl sites for hydroxylation is 1. The number of Topliss-reactive ketones (excluding diaryl/α,β-unsaturated/α-hetero) is 1. The van der Waals surface area contributed by atoms with Crippen LogP contribution in [-0.2, 0) is 111 Å². The van der Waals surface area contributed by atoms with Crippen molar-refractivity contribution in [3.8, 4) is 0 Å². The van der Waals surface area contributed by atoms with E-state index in [9.17, 15) is 34.5 Å². The number of hydrogen-bond acceptors (Lipinski definition) is 26. The summed E-state index contributed by atoms with van der Waals surface area (Å²) < 4.78 is 71.1. The van der Waals surface area contributed by atoms with E-state index in [2.05, 4.69) is 71.0 Å². The maximum atomic E-state index is 14.2. The Hall–Kier alpha value is -9.75. The fourth-order valence-electron chi connectivity index (χ4n) is 14.8. The van der Waals surface area contributed by atoms with Crippen molar-refractivity contribution in [2.75, 3.05) is 130 Å². The van der Waals surface area contributed by atoms with Crippen molar-refractivity contribution in [3.63, 3.8) is 0 Å². The van der Waals surface area contributed by atoms with Gasteiger partial charge in [0.2, 0.25) is 5.91 Å². The second-order valence-electron chi connectivity index (χ2n) is 33.5. The van der Waals surface area contributed by atoms with Crippen molar-refractivity contribution in [1.82, 2.24) is 48.8 Å². The van der Waals surface area contributed by atoms with Crippen molar-refractivity contribution in [3.05, 3.63) is 132 Å². The quantitative estimate of drug-likeness (QED) is 0.0152. The number of nitrogens with one attached hydrogen (secondary N) is 3. The maximum absolute atomic E-state index is 14.2. The van der Waals surface area contributed by atoms with E-state index in [0.29, 0.717) is 103 Å². The number of carbonyl (C=O) groups is 4. The number of aromatic nitrogens is 8. The zero-order valence-corrected chi connectivity index (χ0v) is 72.3. The molecule has 0 spiro atoms. The summed E-state index contributed by atoms with van der Waals surface area (Å²) in [4.78, 5) is 90.5. The van der Waals surface area contributed by atoms with Crippen LogP contribution in [0.3, 0.4) is 0 Å². The van der Waals surface area contributed by atoms with Gasteiger partial charge in [0.05, 0.1) is 112 Å². The lowest BCUT2D eigenvalue weighted by Gasteiger charge is -2.37. The van der Waals surface area contributed by atoms with Gasteiger partial charge in [-0.25, -0.2) is 24.9 Å². The van der Waals surface area contributed by atoms with Gasteiger partial charge < -0.3 is 102 Å². The molecule has 32 heteroatoms. The van der Waals surface area contributed by atoms with E-state index in [4.69, 9.17) is 87.0 Å². The number of β-amino-alcohol motifs (C(OH)–C–C–N with tert-alkyl or cyclic N) is 1.